The van der Waals surface area contributed by atoms with Gasteiger partial charge in [0.15, 0.2) is 0 Å². The van der Waals surface area contributed by atoms with Crippen molar-refractivity contribution in [3.8, 4) is 0 Å². The minimum atomic E-state index is -0.0459. The Bertz CT molecular complexity index is 234. The summed E-state index contributed by atoms with van der Waals surface area (Å²) in [6.45, 7) is 4.61. The highest BCUT2D eigenvalue weighted by Crippen LogP contribution is 2.08. The zero-order chi connectivity index (χ0) is 14.9. The molecule has 0 rings (SSSR count). The van der Waals surface area contributed by atoms with Crippen LogP contribution in [0, 0.1) is 0 Å². The van der Waals surface area contributed by atoms with Crippen LogP contribution in [0.3, 0.4) is 0 Å². The van der Waals surface area contributed by atoms with E-state index in [9.17, 15) is 4.79 Å². The molecule has 2 nitrogen and oxygen atoms in total. The van der Waals surface area contributed by atoms with Gasteiger partial charge in [-0.05, 0) is 39.0 Å². The van der Waals surface area contributed by atoms with Gasteiger partial charge in [-0.3, -0.25) is 4.79 Å². The lowest BCUT2D eigenvalue weighted by atomic mass is 10.1. The Balaban J connectivity index is 3.13. The molecule has 118 valence electrons. The summed E-state index contributed by atoms with van der Waals surface area (Å²) in [5.41, 5.74) is 0. The van der Waals surface area contributed by atoms with Gasteiger partial charge >= 0.3 is 5.97 Å². The first-order chi connectivity index (χ1) is 9.81. The quantitative estimate of drug-likeness (QED) is 0.228. The molecule has 0 aromatic rings. The van der Waals surface area contributed by atoms with E-state index in [1.54, 1.807) is 0 Å². The van der Waals surface area contributed by atoms with Crippen molar-refractivity contribution in [2.24, 2.45) is 0 Å². The summed E-state index contributed by atoms with van der Waals surface area (Å²) in [6, 6.07) is 0. The second-order valence-electron chi connectivity index (χ2n) is 5.43. The third-order valence-corrected chi connectivity index (χ3v) is 3.45. The first-order valence-corrected chi connectivity index (χ1v) is 8.61. The third kappa shape index (κ3) is 15.3. The highest BCUT2D eigenvalue weighted by atomic mass is 16.5. The number of hydrogen-bond acceptors (Lipinski definition) is 2. The largest absolute Gasteiger partial charge is 0.466 e. The molecule has 0 aliphatic heterocycles. The number of carbonyl (C=O) groups is 1. The summed E-state index contributed by atoms with van der Waals surface area (Å²) < 4.78 is 4.90. The van der Waals surface area contributed by atoms with Crippen LogP contribution in [0.25, 0.3) is 0 Å². The molecule has 0 unspecified atom stereocenters. The maximum Gasteiger partial charge on any atom is 0.305 e. The topological polar surface area (TPSA) is 26.3 Å². The number of hydrogen-bond donors (Lipinski definition) is 0. The van der Waals surface area contributed by atoms with Crippen molar-refractivity contribution < 1.29 is 9.53 Å². The molecule has 0 amide bonds. The van der Waals surface area contributed by atoms with E-state index in [0.717, 1.165) is 12.8 Å². The zero-order valence-corrected chi connectivity index (χ0v) is 13.7. The van der Waals surface area contributed by atoms with Gasteiger partial charge in [0.2, 0.25) is 0 Å². The average Bonchev–Trinajstić information content (AvgIpc) is 2.44. The van der Waals surface area contributed by atoms with Crippen LogP contribution in [-0.4, -0.2) is 12.6 Å². The van der Waals surface area contributed by atoms with Gasteiger partial charge in [-0.25, -0.2) is 0 Å². The lowest BCUT2D eigenvalue weighted by Gasteiger charge is -2.01. The molecule has 0 aromatic carbocycles. The van der Waals surface area contributed by atoms with Crippen LogP contribution in [0.4, 0.5) is 0 Å². The van der Waals surface area contributed by atoms with E-state index in [0.29, 0.717) is 13.0 Å². The fourth-order valence-electron chi connectivity index (χ4n) is 2.22. The molecule has 0 aliphatic rings. The van der Waals surface area contributed by atoms with Crippen molar-refractivity contribution in [1.29, 1.82) is 0 Å². The Labute approximate surface area is 126 Å². The van der Waals surface area contributed by atoms with Crippen LogP contribution in [-0.2, 0) is 9.53 Å². The molecule has 0 N–H and O–H groups in total. The summed E-state index contributed by atoms with van der Waals surface area (Å²) in [5.74, 6) is -0.0459. The number of ether oxygens (including phenoxy) is 1. The summed E-state index contributed by atoms with van der Waals surface area (Å²) >= 11 is 0. The number of rotatable bonds is 14. The summed E-state index contributed by atoms with van der Waals surface area (Å²) in [4.78, 5) is 11.1. The van der Waals surface area contributed by atoms with Crippen LogP contribution < -0.4 is 0 Å². The van der Waals surface area contributed by atoms with E-state index in [-0.39, 0.29) is 5.97 Å². The Kier molecular flexibility index (Phi) is 15.6. The zero-order valence-electron chi connectivity index (χ0n) is 13.7. The first kappa shape index (κ1) is 19.2. The van der Waals surface area contributed by atoms with Crippen molar-refractivity contribution in [2.75, 3.05) is 6.61 Å². The van der Waals surface area contributed by atoms with E-state index < -0.39 is 0 Å². The lowest BCUT2D eigenvalue weighted by molar-refractivity contribution is -0.143. The molecular weight excluding hydrogens is 248 g/mol. The predicted octanol–water partition coefficient (Wildman–Crippen LogP) is 5.81. The molecular formula is C18H34O2. The molecule has 0 saturated carbocycles. The van der Waals surface area contributed by atoms with Crippen molar-refractivity contribution in [3.63, 3.8) is 0 Å². The van der Waals surface area contributed by atoms with Crippen molar-refractivity contribution in [2.45, 2.75) is 90.9 Å². The summed E-state index contributed by atoms with van der Waals surface area (Å²) in [6.07, 6.45) is 19.1. The van der Waals surface area contributed by atoms with Gasteiger partial charge in [0, 0.05) is 6.42 Å². The Morgan fingerprint density at radius 3 is 1.90 bits per heavy atom. The molecule has 0 heterocycles. The van der Waals surface area contributed by atoms with Crippen molar-refractivity contribution in [3.05, 3.63) is 12.2 Å². The monoisotopic (exact) mass is 282 g/mol. The normalized spacial score (nSPS) is 11.1. The minimum absolute atomic E-state index is 0.0459. The Hall–Kier alpha value is -0.790. The summed E-state index contributed by atoms with van der Waals surface area (Å²) in [7, 11) is 0. The molecule has 0 fully saturated rings. The van der Waals surface area contributed by atoms with Gasteiger partial charge in [0.05, 0.1) is 6.61 Å². The van der Waals surface area contributed by atoms with E-state index in [1.807, 2.05) is 6.92 Å². The van der Waals surface area contributed by atoms with E-state index in [4.69, 9.17) is 4.74 Å². The maximum atomic E-state index is 11.1. The second-order valence-corrected chi connectivity index (χ2v) is 5.43. The molecule has 0 atom stereocenters. The number of allylic oxidation sites excluding steroid dienone is 2. The maximum absolute atomic E-state index is 11.1. The Morgan fingerprint density at radius 1 is 0.800 bits per heavy atom. The van der Waals surface area contributed by atoms with Gasteiger partial charge in [-0.1, -0.05) is 57.6 Å². The first-order valence-electron chi connectivity index (χ1n) is 8.61. The molecule has 20 heavy (non-hydrogen) atoms. The number of esters is 1. The number of unbranched alkanes of at least 4 members (excludes halogenated alkanes) is 9. The van der Waals surface area contributed by atoms with Gasteiger partial charge in [-0.15, -0.1) is 0 Å². The van der Waals surface area contributed by atoms with E-state index in [1.165, 1.54) is 57.8 Å². The van der Waals surface area contributed by atoms with E-state index >= 15 is 0 Å². The van der Waals surface area contributed by atoms with Crippen LogP contribution in [0.2, 0.25) is 0 Å². The average molecular weight is 282 g/mol. The predicted molar refractivity (Wildman–Crippen MR) is 86.9 cm³/mol. The van der Waals surface area contributed by atoms with Crippen molar-refractivity contribution >= 4 is 5.97 Å². The van der Waals surface area contributed by atoms with Crippen molar-refractivity contribution in [1.82, 2.24) is 0 Å². The van der Waals surface area contributed by atoms with Crippen LogP contribution in [0.1, 0.15) is 90.9 Å². The smallest absolute Gasteiger partial charge is 0.305 e. The second kappa shape index (κ2) is 16.3. The molecule has 0 aliphatic carbocycles. The molecule has 0 aromatic heterocycles. The molecule has 0 saturated heterocycles. The SMILES string of the molecule is CCCCCCCC=CCCCCCCC(=O)OCC. The standard InChI is InChI=1S/C18H34O2/c1-3-5-6-7-8-9-10-11-12-13-14-15-16-17-18(19)20-4-2/h10-11H,3-9,12-17H2,1-2H3. The van der Waals surface area contributed by atoms with Gasteiger partial charge < -0.3 is 4.74 Å². The Morgan fingerprint density at radius 2 is 1.35 bits per heavy atom. The van der Waals surface area contributed by atoms with Crippen LogP contribution in [0.15, 0.2) is 12.2 Å². The van der Waals surface area contributed by atoms with Gasteiger partial charge in [0.25, 0.3) is 0 Å². The molecule has 0 radical (unpaired) electrons. The molecule has 0 bridgehead atoms. The molecule has 2 heteroatoms. The lowest BCUT2D eigenvalue weighted by Crippen LogP contribution is -2.02. The van der Waals surface area contributed by atoms with Gasteiger partial charge in [0.1, 0.15) is 0 Å². The van der Waals surface area contributed by atoms with Gasteiger partial charge in [-0.2, -0.15) is 0 Å². The third-order valence-electron chi connectivity index (χ3n) is 3.45. The minimum Gasteiger partial charge on any atom is -0.466 e. The van der Waals surface area contributed by atoms with Crippen LogP contribution >= 0.6 is 0 Å². The number of carbonyl (C=O) groups excluding carboxylic acids is 1. The fourth-order valence-corrected chi connectivity index (χ4v) is 2.22. The summed E-state index contributed by atoms with van der Waals surface area (Å²) in [5, 5.41) is 0. The van der Waals surface area contributed by atoms with E-state index in [2.05, 4.69) is 19.1 Å². The highest BCUT2D eigenvalue weighted by Gasteiger charge is 1.99. The highest BCUT2D eigenvalue weighted by molar-refractivity contribution is 5.69. The molecule has 0 spiro atoms. The van der Waals surface area contributed by atoms with Crippen LogP contribution in [0.5, 0.6) is 0 Å². The fraction of sp³-hybridized carbons (Fsp3) is 0.833.